The Morgan fingerprint density at radius 1 is 1.24 bits per heavy atom. The van der Waals surface area contributed by atoms with Crippen molar-refractivity contribution in [1.29, 1.82) is 0 Å². The first-order chi connectivity index (χ1) is 12.1. The fourth-order valence-electron chi connectivity index (χ4n) is 3.12. The van der Waals surface area contributed by atoms with Gasteiger partial charge in [0.05, 0.1) is 18.9 Å². The number of thiocarbonyl (C=S) groups is 1. The average molecular weight is 384 g/mol. The van der Waals surface area contributed by atoms with Crippen LogP contribution in [0.15, 0.2) is 0 Å². The van der Waals surface area contributed by atoms with Gasteiger partial charge in [-0.1, -0.05) is 30.6 Å². The number of carbonyl (C=O) groups is 1. The van der Waals surface area contributed by atoms with Crippen molar-refractivity contribution < 1.29 is 9.53 Å². The summed E-state index contributed by atoms with van der Waals surface area (Å²) in [7, 11) is 0. The molecule has 1 saturated carbocycles. The highest BCUT2D eigenvalue weighted by atomic mass is 32.1. The number of aromatic nitrogens is 1. The van der Waals surface area contributed by atoms with Gasteiger partial charge in [-0.3, -0.25) is 15.6 Å². The molecule has 3 N–H and O–H groups in total. The third kappa shape index (κ3) is 5.02. The summed E-state index contributed by atoms with van der Waals surface area (Å²) in [6.07, 6.45) is 6.03. The SMILES string of the molecule is Cc1nc(N2CCOCC2)sc1C(=O)NNC(=S)NC1CCCCC1. The van der Waals surface area contributed by atoms with E-state index in [2.05, 4.69) is 26.1 Å². The summed E-state index contributed by atoms with van der Waals surface area (Å²) >= 11 is 6.68. The van der Waals surface area contributed by atoms with E-state index in [1.165, 1.54) is 30.6 Å². The molecule has 0 aromatic carbocycles. The zero-order valence-corrected chi connectivity index (χ0v) is 16.1. The minimum Gasteiger partial charge on any atom is -0.378 e. The molecule has 3 rings (SSSR count). The van der Waals surface area contributed by atoms with Crippen molar-refractivity contribution in [2.24, 2.45) is 0 Å². The minimum absolute atomic E-state index is 0.206. The van der Waals surface area contributed by atoms with Crippen molar-refractivity contribution in [2.75, 3.05) is 31.2 Å². The van der Waals surface area contributed by atoms with Crippen LogP contribution in [-0.4, -0.2) is 48.3 Å². The lowest BCUT2D eigenvalue weighted by Crippen LogP contribution is -2.50. The van der Waals surface area contributed by atoms with Crippen LogP contribution in [0.3, 0.4) is 0 Å². The molecule has 2 aliphatic rings. The van der Waals surface area contributed by atoms with Crippen LogP contribution in [0.5, 0.6) is 0 Å². The van der Waals surface area contributed by atoms with Crippen LogP contribution in [0.1, 0.15) is 47.5 Å². The van der Waals surface area contributed by atoms with Crippen molar-refractivity contribution in [2.45, 2.75) is 45.1 Å². The smallest absolute Gasteiger partial charge is 0.281 e. The number of nitrogens with zero attached hydrogens (tertiary/aromatic N) is 2. The zero-order chi connectivity index (χ0) is 17.6. The molecule has 1 saturated heterocycles. The maximum Gasteiger partial charge on any atom is 0.281 e. The van der Waals surface area contributed by atoms with Gasteiger partial charge in [-0.05, 0) is 32.0 Å². The van der Waals surface area contributed by atoms with Crippen LogP contribution >= 0.6 is 23.6 Å². The number of hydrazine groups is 1. The number of rotatable bonds is 3. The fourth-order valence-corrected chi connectivity index (χ4v) is 4.35. The molecule has 1 aliphatic carbocycles. The molecule has 1 aliphatic heterocycles. The van der Waals surface area contributed by atoms with Crippen LogP contribution in [0.4, 0.5) is 5.13 Å². The van der Waals surface area contributed by atoms with E-state index in [4.69, 9.17) is 17.0 Å². The van der Waals surface area contributed by atoms with E-state index in [-0.39, 0.29) is 5.91 Å². The van der Waals surface area contributed by atoms with E-state index in [0.717, 1.165) is 36.8 Å². The highest BCUT2D eigenvalue weighted by Crippen LogP contribution is 2.26. The largest absolute Gasteiger partial charge is 0.378 e. The van der Waals surface area contributed by atoms with Gasteiger partial charge >= 0.3 is 0 Å². The molecule has 1 amide bonds. The van der Waals surface area contributed by atoms with E-state index in [1.807, 2.05) is 6.92 Å². The van der Waals surface area contributed by atoms with Crippen molar-refractivity contribution >= 4 is 39.7 Å². The summed E-state index contributed by atoms with van der Waals surface area (Å²) < 4.78 is 5.36. The molecular formula is C16H25N5O2S2. The molecule has 7 nitrogen and oxygen atoms in total. The fraction of sp³-hybridized carbons (Fsp3) is 0.688. The third-order valence-corrected chi connectivity index (χ3v) is 5.94. The van der Waals surface area contributed by atoms with Crippen LogP contribution in [0.2, 0.25) is 0 Å². The highest BCUT2D eigenvalue weighted by Gasteiger charge is 2.21. The Balaban J connectivity index is 1.50. The van der Waals surface area contributed by atoms with Crippen molar-refractivity contribution in [3.63, 3.8) is 0 Å². The molecule has 0 bridgehead atoms. The topological polar surface area (TPSA) is 78.5 Å². The van der Waals surface area contributed by atoms with Crippen LogP contribution in [-0.2, 0) is 4.74 Å². The van der Waals surface area contributed by atoms with Crippen LogP contribution in [0.25, 0.3) is 0 Å². The van der Waals surface area contributed by atoms with Gasteiger partial charge in [-0.25, -0.2) is 4.98 Å². The Labute approximate surface area is 157 Å². The van der Waals surface area contributed by atoms with Crippen LogP contribution < -0.4 is 21.1 Å². The molecule has 9 heteroatoms. The van der Waals surface area contributed by atoms with Crippen molar-refractivity contribution in [3.05, 3.63) is 10.6 Å². The molecule has 0 spiro atoms. The predicted molar refractivity (Wildman–Crippen MR) is 103 cm³/mol. The Bertz CT molecular complexity index is 610. The predicted octanol–water partition coefficient (Wildman–Crippen LogP) is 1.73. The maximum absolute atomic E-state index is 12.4. The molecule has 2 heterocycles. The zero-order valence-electron chi connectivity index (χ0n) is 14.5. The lowest BCUT2D eigenvalue weighted by Gasteiger charge is -2.26. The summed E-state index contributed by atoms with van der Waals surface area (Å²) in [6, 6.07) is 0.406. The van der Waals surface area contributed by atoms with E-state index < -0.39 is 0 Å². The number of hydrogen-bond acceptors (Lipinski definition) is 6. The van der Waals surface area contributed by atoms with Gasteiger partial charge < -0.3 is 15.0 Å². The third-order valence-electron chi connectivity index (χ3n) is 4.50. The number of ether oxygens (including phenoxy) is 1. The normalized spacial score (nSPS) is 18.7. The number of thiazole rings is 1. The second-order valence-corrected chi connectivity index (χ2v) is 7.78. The van der Waals surface area contributed by atoms with Crippen LogP contribution in [0, 0.1) is 6.92 Å². The van der Waals surface area contributed by atoms with E-state index in [0.29, 0.717) is 29.2 Å². The number of hydrogen-bond donors (Lipinski definition) is 3. The van der Waals surface area contributed by atoms with Gasteiger partial charge in [0.25, 0.3) is 5.91 Å². The molecule has 25 heavy (non-hydrogen) atoms. The standard InChI is InChI=1S/C16H25N5O2S2/c1-11-13(25-16(17-11)21-7-9-23-10-8-21)14(22)19-20-15(24)18-12-5-3-2-4-6-12/h12H,2-10H2,1H3,(H,19,22)(H2,18,20,24). The molecular weight excluding hydrogens is 358 g/mol. The monoisotopic (exact) mass is 383 g/mol. The number of nitrogens with one attached hydrogen (secondary N) is 3. The Morgan fingerprint density at radius 3 is 2.68 bits per heavy atom. The van der Waals surface area contributed by atoms with E-state index in [1.54, 1.807) is 0 Å². The molecule has 138 valence electrons. The highest BCUT2D eigenvalue weighted by molar-refractivity contribution is 7.80. The quantitative estimate of drug-likeness (QED) is 0.542. The summed E-state index contributed by atoms with van der Waals surface area (Å²) in [5, 5.41) is 4.61. The number of morpholine rings is 1. The molecule has 0 radical (unpaired) electrons. The Hall–Kier alpha value is -1.45. The lowest BCUT2D eigenvalue weighted by molar-refractivity contribution is 0.0946. The number of anilines is 1. The molecule has 1 aromatic rings. The molecule has 1 aromatic heterocycles. The van der Waals surface area contributed by atoms with Gasteiger partial charge in [-0.15, -0.1) is 0 Å². The van der Waals surface area contributed by atoms with Crippen molar-refractivity contribution in [1.82, 2.24) is 21.2 Å². The second-order valence-electron chi connectivity index (χ2n) is 6.40. The van der Waals surface area contributed by atoms with E-state index in [9.17, 15) is 4.79 Å². The molecule has 2 fully saturated rings. The van der Waals surface area contributed by atoms with Gasteiger partial charge in [0, 0.05) is 19.1 Å². The number of aryl methyl sites for hydroxylation is 1. The second kappa shape index (κ2) is 8.77. The number of amides is 1. The summed E-state index contributed by atoms with van der Waals surface area (Å²) in [4.78, 5) is 19.7. The molecule has 0 atom stereocenters. The van der Waals surface area contributed by atoms with Gasteiger partial charge in [-0.2, -0.15) is 0 Å². The van der Waals surface area contributed by atoms with E-state index >= 15 is 0 Å². The molecule has 0 unspecified atom stereocenters. The van der Waals surface area contributed by atoms with Gasteiger partial charge in [0.2, 0.25) is 0 Å². The maximum atomic E-state index is 12.4. The Morgan fingerprint density at radius 2 is 1.96 bits per heavy atom. The first-order valence-corrected chi connectivity index (χ1v) is 10.0. The number of carbonyl (C=O) groups excluding carboxylic acids is 1. The average Bonchev–Trinajstić information content (AvgIpc) is 3.03. The summed E-state index contributed by atoms with van der Waals surface area (Å²) in [5.74, 6) is -0.206. The van der Waals surface area contributed by atoms with Crippen molar-refractivity contribution in [3.8, 4) is 0 Å². The minimum atomic E-state index is -0.206. The summed E-state index contributed by atoms with van der Waals surface area (Å²) in [5.41, 5.74) is 6.22. The first kappa shape index (κ1) is 18.3. The lowest BCUT2D eigenvalue weighted by atomic mass is 9.96. The first-order valence-electron chi connectivity index (χ1n) is 8.80. The van der Waals surface area contributed by atoms with Gasteiger partial charge in [0.1, 0.15) is 4.88 Å². The van der Waals surface area contributed by atoms with Gasteiger partial charge in [0.15, 0.2) is 10.2 Å². The Kier molecular flexibility index (Phi) is 6.44. The summed E-state index contributed by atoms with van der Waals surface area (Å²) in [6.45, 7) is 4.86.